The van der Waals surface area contributed by atoms with Crippen LogP contribution in [0.1, 0.15) is 35.0 Å². The number of rotatable bonds is 1. The van der Waals surface area contributed by atoms with E-state index in [-0.39, 0.29) is 17.8 Å². The van der Waals surface area contributed by atoms with Crippen molar-refractivity contribution in [1.82, 2.24) is 19.4 Å². The van der Waals surface area contributed by atoms with Crippen molar-refractivity contribution in [2.24, 2.45) is 0 Å². The van der Waals surface area contributed by atoms with Crippen molar-refractivity contribution in [3.05, 3.63) is 52.6 Å². The number of H-pyrrole nitrogens is 1. The fourth-order valence-corrected chi connectivity index (χ4v) is 3.49. The molecule has 0 radical (unpaired) electrons. The number of carbonyl (C=O) groups excluding carboxylic acids is 1. The van der Waals surface area contributed by atoms with E-state index in [9.17, 15) is 4.79 Å². The zero-order valence-electron chi connectivity index (χ0n) is 13.0. The van der Waals surface area contributed by atoms with E-state index in [1.807, 2.05) is 29.7 Å². The molecule has 3 heterocycles. The van der Waals surface area contributed by atoms with E-state index in [2.05, 4.69) is 16.0 Å². The van der Waals surface area contributed by atoms with Crippen LogP contribution in [0, 0.1) is 11.3 Å². The van der Waals surface area contributed by atoms with Gasteiger partial charge in [0.15, 0.2) is 5.82 Å². The minimum Gasteiger partial charge on any atom is -0.334 e. The van der Waals surface area contributed by atoms with Gasteiger partial charge in [0.2, 0.25) is 0 Å². The lowest BCUT2D eigenvalue weighted by Crippen LogP contribution is -2.41. The molecule has 3 aromatic rings. The Hall–Kier alpha value is -2.78. The number of hydrogen-bond acceptors (Lipinski definition) is 3. The van der Waals surface area contributed by atoms with Crippen LogP contribution in [-0.4, -0.2) is 31.9 Å². The van der Waals surface area contributed by atoms with Gasteiger partial charge in [-0.1, -0.05) is 17.7 Å². The standard InChI is InChI=1S/C17H14ClN5O/c1-10-14-6-5-11(9-19)23(14)8-7-22(10)17(24)16-20-13-4-2-3-12(18)15(13)21-16/h2-6,10H,7-8H2,1H3,(H,20,21)/t10-/m0/s1. The van der Waals surface area contributed by atoms with Gasteiger partial charge in [0.25, 0.3) is 5.91 Å². The summed E-state index contributed by atoms with van der Waals surface area (Å²) in [6, 6.07) is 11.2. The number of nitriles is 1. The van der Waals surface area contributed by atoms with E-state index in [0.29, 0.717) is 29.3 Å². The average Bonchev–Trinajstić information content (AvgIpc) is 3.19. The second-order valence-corrected chi connectivity index (χ2v) is 6.21. The molecule has 1 N–H and O–H groups in total. The molecule has 1 aromatic carbocycles. The molecule has 6 nitrogen and oxygen atoms in total. The third kappa shape index (κ3) is 2.09. The highest BCUT2D eigenvalue weighted by molar-refractivity contribution is 6.35. The van der Waals surface area contributed by atoms with Crippen molar-refractivity contribution in [2.45, 2.75) is 19.5 Å². The van der Waals surface area contributed by atoms with Crippen LogP contribution in [0.5, 0.6) is 0 Å². The molecule has 4 rings (SSSR count). The maximum absolute atomic E-state index is 12.9. The molecular formula is C17H14ClN5O. The van der Waals surface area contributed by atoms with Gasteiger partial charge in [-0.25, -0.2) is 4.98 Å². The summed E-state index contributed by atoms with van der Waals surface area (Å²) in [6.45, 7) is 3.09. The number of carbonyl (C=O) groups is 1. The van der Waals surface area contributed by atoms with E-state index in [4.69, 9.17) is 16.9 Å². The molecule has 24 heavy (non-hydrogen) atoms. The predicted molar refractivity (Wildman–Crippen MR) is 89.7 cm³/mol. The monoisotopic (exact) mass is 339 g/mol. The summed E-state index contributed by atoms with van der Waals surface area (Å²) in [6.07, 6.45) is 0. The van der Waals surface area contributed by atoms with Crippen molar-refractivity contribution >= 4 is 28.5 Å². The predicted octanol–water partition coefficient (Wildman–Crippen LogP) is 3.11. The topological polar surface area (TPSA) is 77.7 Å². The van der Waals surface area contributed by atoms with Gasteiger partial charge in [-0.05, 0) is 31.2 Å². The zero-order valence-corrected chi connectivity index (χ0v) is 13.7. The molecule has 1 aliphatic rings. The van der Waals surface area contributed by atoms with Crippen LogP contribution in [0.2, 0.25) is 5.02 Å². The fourth-order valence-electron chi connectivity index (χ4n) is 3.27. The Morgan fingerprint density at radius 3 is 2.96 bits per heavy atom. The van der Waals surface area contributed by atoms with Gasteiger partial charge >= 0.3 is 0 Å². The summed E-state index contributed by atoms with van der Waals surface area (Å²) in [5, 5.41) is 9.67. The second-order valence-electron chi connectivity index (χ2n) is 5.80. The Morgan fingerprint density at radius 1 is 1.38 bits per heavy atom. The first-order valence-corrected chi connectivity index (χ1v) is 8.02. The summed E-state index contributed by atoms with van der Waals surface area (Å²) in [4.78, 5) is 22.1. The molecule has 0 unspecified atom stereocenters. The summed E-state index contributed by atoms with van der Waals surface area (Å²) in [7, 11) is 0. The number of fused-ring (bicyclic) bond motifs is 2. The van der Waals surface area contributed by atoms with E-state index in [0.717, 1.165) is 11.2 Å². The first kappa shape index (κ1) is 14.8. The Kier molecular flexibility index (Phi) is 3.32. The molecule has 120 valence electrons. The van der Waals surface area contributed by atoms with E-state index >= 15 is 0 Å². The Morgan fingerprint density at radius 2 is 2.21 bits per heavy atom. The minimum absolute atomic E-state index is 0.128. The average molecular weight is 340 g/mol. The van der Waals surface area contributed by atoms with Crippen molar-refractivity contribution in [1.29, 1.82) is 5.26 Å². The Labute approximate surface area is 143 Å². The molecule has 0 aliphatic carbocycles. The summed E-state index contributed by atoms with van der Waals surface area (Å²) >= 11 is 6.13. The van der Waals surface area contributed by atoms with Crippen LogP contribution < -0.4 is 0 Å². The minimum atomic E-state index is -0.166. The van der Waals surface area contributed by atoms with Gasteiger partial charge in [-0.3, -0.25) is 4.79 Å². The van der Waals surface area contributed by atoms with Crippen LogP contribution in [0.25, 0.3) is 11.0 Å². The quantitative estimate of drug-likeness (QED) is 0.740. The molecule has 1 aliphatic heterocycles. The first-order valence-electron chi connectivity index (χ1n) is 7.65. The number of nitrogens with one attached hydrogen (secondary N) is 1. The van der Waals surface area contributed by atoms with Gasteiger partial charge < -0.3 is 14.5 Å². The second kappa shape index (κ2) is 5.39. The normalized spacial score (nSPS) is 16.9. The number of benzene rings is 1. The third-order valence-corrected chi connectivity index (χ3v) is 4.82. The van der Waals surface area contributed by atoms with Gasteiger partial charge in [-0.15, -0.1) is 0 Å². The number of halogens is 1. The number of aromatic amines is 1. The number of hydrogen-bond donors (Lipinski definition) is 1. The smallest absolute Gasteiger partial charge is 0.290 e. The van der Waals surface area contributed by atoms with Crippen LogP contribution in [0.3, 0.4) is 0 Å². The highest BCUT2D eigenvalue weighted by atomic mass is 35.5. The molecule has 0 saturated carbocycles. The van der Waals surface area contributed by atoms with Crippen molar-refractivity contribution in [2.75, 3.05) is 6.54 Å². The lowest BCUT2D eigenvalue weighted by atomic mass is 10.1. The fraction of sp³-hybridized carbons (Fsp3) is 0.235. The summed E-state index contributed by atoms with van der Waals surface area (Å²) in [5.41, 5.74) is 2.92. The highest BCUT2D eigenvalue weighted by Gasteiger charge is 2.31. The molecule has 1 atom stereocenters. The summed E-state index contributed by atoms with van der Waals surface area (Å²) in [5.74, 6) is 0.117. The number of aromatic nitrogens is 3. The van der Waals surface area contributed by atoms with Crippen LogP contribution in [0.15, 0.2) is 30.3 Å². The van der Waals surface area contributed by atoms with E-state index in [1.54, 1.807) is 17.0 Å². The number of amides is 1. The molecule has 2 aromatic heterocycles. The lowest BCUT2D eigenvalue weighted by molar-refractivity contribution is 0.0632. The molecule has 0 saturated heterocycles. The van der Waals surface area contributed by atoms with Gasteiger partial charge in [0.05, 0.1) is 16.6 Å². The molecule has 7 heteroatoms. The number of imidazole rings is 1. The Bertz CT molecular complexity index is 996. The zero-order chi connectivity index (χ0) is 16.8. The molecular weight excluding hydrogens is 326 g/mol. The maximum atomic E-state index is 12.9. The SMILES string of the molecule is C[C@H]1c2ccc(C#N)n2CCN1C(=O)c1nc2c(Cl)cccc2[nH]1. The van der Waals surface area contributed by atoms with Gasteiger partial charge in [0.1, 0.15) is 17.3 Å². The van der Waals surface area contributed by atoms with Crippen molar-refractivity contribution in [3.63, 3.8) is 0 Å². The summed E-state index contributed by atoms with van der Waals surface area (Å²) < 4.78 is 1.96. The van der Waals surface area contributed by atoms with Gasteiger partial charge in [0, 0.05) is 18.8 Å². The largest absolute Gasteiger partial charge is 0.334 e. The van der Waals surface area contributed by atoms with Crippen LogP contribution in [0.4, 0.5) is 0 Å². The number of nitrogens with zero attached hydrogens (tertiary/aromatic N) is 4. The van der Waals surface area contributed by atoms with Crippen LogP contribution >= 0.6 is 11.6 Å². The van der Waals surface area contributed by atoms with E-state index < -0.39 is 0 Å². The lowest BCUT2D eigenvalue weighted by Gasteiger charge is -2.34. The molecule has 0 fully saturated rings. The van der Waals surface area contributed by atoms with Gasteiger partial charge in [-0.2, -0.15) is 5.26 Å². The van der Waals surface area contributed by atoms with Crippen LogP contribution in [-0.2, 0) is 6.54 Å². The molecule has 0 spiro atoms. The maximum Gasteiger partial charge on any atom is 0.290 e. The Balaban J connectivity index is 1.69. The highest BCUT2D eigenvalue weighted by Crippen LogP contribution is 2.29. The van der Waals surface area contributed by atoms with Crippen molar-refractivity contribution < 1.29 is 4.79 Å². The van der Waals surface area contributed by atoms with Crippen molar-refractivity contribution in [3.8, 4) is 6.07 Å². The van der Waals surface area contributed by atoms with E-state index in [1.165, 1.54) is 0 Å². The third-order valence-electron chi connectivity index (χ3n) is 4.52. The molecule has 0 bridgehead atoms. The molecule has 1 amide bonds. The number of para-hydroxylation sites is 1. The first-order chi connectivity index (χ1) is 11.6.